The molecule has 0 amide bonds. The zero-order valence-electron chi connectivity index (χ0n) is 67.4. The van der Waals surface area contributed by atoms with Crippen molar-refractivity contribution in [1.82, 2.24) is 29.9 Å². The van der Waals surface area contributed by atoms with Gasteiger partial charge in [0.25, 0.3) is 0 Å². The van der Waals surface area contributed by atoms with E-state index in [-0.39, 0.29) is 130 Å². The molecule has 6 aromatic heterocycles. The number of hydrogen-bond acceptors (Lipinski definition) is 18. The Kier molecular flexibility index (Phi) is 46.2. The maximum atomic E-state index is 16.0. The molecule has 0 saturated heterocycles. The Morgan fingerprint density at radius 3 is 0.554 bits per heavy atom. The van der Waals surface area contributed by atoms with Crippen molar-refractivity contribution >= 4 is 87.3 Å². The number of rotatable bonds is 18. The molecule has 0 atom stereocenters. The van der Waals surface area contributed by atoms with E-state index in [1.54, 1.807) is 328 Å². The number of hydrogen-bond donors (Lipinski definition) is 0. The third kappa shape index (κ3) is 27.5. The van der Waals surface area contributed by atoms with Crippen LogP contribution in [-0.4, -0.2) is 53.7 Å². The van der Waals surface area contributed by atoms with Gasteiger partial charge in [-0.3, -0.25) is 29.9 Å². The Bertz CT molecular complexity index is 5500. The largest absolute Gasteiger partial charge is 3.00 e. The van der Waals surface area contributed by atoms with Crippen molar-refractivity contribution in [2.24, 2.45) is 0 Å². The van der Waals surface area contributed by atoms with Crippen LogP contribution in [0.15, 0.2) is 419 Å². The summed E-state index contributed by atoms with van der Waals surface area (Å²) in [5, 5.41) is 50.3. The van der Waals surface area contributed by atoms with E-state index in [2.05, 4.69) is 29.9 Å². The smallest absolute Gasteiger partial charge is 2.00 e. The topological polar surface area (TPSA) is 438 Å². The normalized spacial score (nSPS) is 10.9. The van der Waals surface area contributed by atoms with E-state index >= 15 is 15.3 Å². The molecule has 0 spiro atoms. The van der Waals surface area contributed by atoms with Gasteiger partial charge >= 0.3 is 22.6 Å². The first-order valence-corrected chi connectivity index (χ1v) is 44.5. The minimum Gasteiger partial charge on any atom is -2.00 e. The molecule has 0 aliphatic carbocycles. The number of benzene rings is 10. The fourth-order valence-corrected chi connectivity index (χ4v) is 17.3. The van der Waals surface area contributed by atoms with Crippen molar-refractivity contribution in [1.29, 1.82) is 0 Å². The molecule has 0 unspecified atom stereocenters. The molecule has 0 aliphatic heterocycles. The summed E-state index contributed by atoms with van der Waals surface area (Å²) in [5.41, 5.74) is -5.22. The SMILES string of the molecule is ClCCl.O=P([O-])(c1ccccc1)c1ccccc1.O=P([O-])(c1ccccc1)c1ccccc1.O=P([O-])(c1ccccc1)c1ccccc1.O=S(=O)([O-])C(F)(F)F.[Mn+3].[Mn].[Mn].[Mn].[O-2].[O-2].[O-2].[O-2].[O-]C(c1ccccn1)(c1ccccn1)c1ccccc1-c1cc(-c2ccccc2C([O-])(c2ccccn2)c2ccccn2)cc(-c2ccccc2C([O-])(c2ccccn2)c2ccccn2)c1. The Morgan fingerprint density at radius 1 is 0.277 bits per heavy atom. The second-order valence-corrected chi connectivity index (χ2v) is 35.0. The molecule has 3 radical (unpaired) electrons. The van der Waals surface area contributed by atoms with Gasteiger partial charge in [-0.1, -0.05) is 291 Å². The third-order valence-corrected chi connectivity index (χ3v) is 25.2. The standard InChI is InChI=1S/C57H39N6O3.3C12H11O2P.CH2Cl2.CHF3O3S.4Mn.4O/c64-55(49-25-7-13-31-58-49,50-26-8-14-32-59-50)46-22-4-1-19-43(46)40-37-41(44-20-2-5-23-47(44)56(65,51-27-9-15-33-60-51)52-28-10-16-34-61-52)39-42(38-40)45-21-3-6-24-48(45)57(66,53-29-11-17-35-62-53)54-30-12-18-36-63-54;3*13-15(14,11-7-3-1-4-8-11)12-9-5-2-6-10-12;2-1-3;2-1(3,4)8(5,6)7;;;;;;;;/h1-39H;3*1-10H,(H,13,14);1H2;(H,5,6,7);;;;;;;;/q-3;;;;;;;;;+3;4*-2/p-4. The van der Waals surface area contributed by atoms with Gasteiger partial charge in [0.05, 0.1) is 27.4 Å². The van der Waals surface area contributed by atoms with Crippen LogP contribution in [0.1, 0.15) is 50.9 Å². The second kappa shape index (κ2) is 52.7. The summed E-state index contributed by atoms with van der Waals surface area (Å²) >= 11 is 9.53. The van der Waals surface area contributed by atoms with Crippen molar-refractivity contribution in [2.75, 3.05) is 5.34 Å². The third-order valence-electron chi connectivity index (χ3n) is 18.8. The Balaban J connectivity index is 0.000000549. The molecule has 0 bridgehead atoms. The van der Waals surface area contributed by atoms with E-state index in [0.717, 1.165) is 0 Å². The van der Waals surface area contributed by atoms with Crippen LogP contribution in [-0.2, 0) is 131 Å². The first-order valence-electron chi connectivity index (χ1n) is 37.2. The van der Waals surface area contributed by atoms with Gasteiger partial charge in [-0.05, 0) is 141 Å². The number of aromatic nitrogens is 6. The number of alkyl halides is 5. The second-order valence-electron chi connectivity index (χ2n) is 26.4. The fraction of sp³-hybridized carbons (Fsp3) is 0.0526. The molecular weight excluding hydrogens is 1950 g/mol. The van der Waals surface area contributed by atoms with Crippen molar-refractivity contribution in [3.05, 3.63) is 470 Å². The van der Waals surface area contributed by atoms with E-state index < -0.39 is 54.5 Å². The van der Waals surface area contributed by atoms with Crippen molar-refractivity contribution in [3.63, 3.8) is 0 Å². The van der Waals surface area contributed by atoms with Gasteiger partial charge in [-0.2, -0.15) is 13.2 Å². The maximum Gasteiger partial charge on any atom is 3.00 e. The Hall–Kier alpha value is -10.3. The van der Waals surface area contributed by atoms with Crippen LogP contribution >= 0.6 is 45.3 Å². The molecule has 673 valence electrons. The summed E-state index contributed by atoms with van der Waals surface area (Å²) in [4.78, 5) is 63.9. The monoisotopic (exact) mass is 2020 g/mol. The van der Waals surface area contributed by atoms with E-state index in [9.17, 15) is 41.5 Å². The predicted octanol–water partition coefficient (Wildman–Crippen LogP) is 12.8. The number of nitrogens with zero attached hydrogens (tertiary/aromatic N) is 6. The summed E-state index contributed by atoms with van der Waals surface area (Å²) in [6, 6.07) is 111. The molecular formula is C95H71Cl2F3Mn4N6O16P3S-12. The van der Waals surface area contributed by atoms with Gasteiger partial charge in [0.1, 0.15) is 0 Å². The van der Waals surface area contributed by atoms with Crippen LogP contribution in [0.4, 0.5) is 13.2 Å². The zero-order valence-corrected chi connectivity index (χ0v) is 77.1. The van der Waals surface area contributed by atoms with Crippen LogP contribution in [0.3, 0.4) is 0 Å². The Morgan fingerprint density at radius 2 is 0.415 bits per heavy atom. The molecule has 16 aromatic rings. The molecule has 0 aliphatic rings. The minimum absolute atomic E-state index is 0. The Labute approximate surface area is 801 Å². The van der Waals surface area contributed by atoms with Crippen LogP contribution < -0.4 is 61.8 Å². The minimum atomic E-state index is -6.09. The summed E-state index contributed by atoms with van der Waals surface area (Å²) in [6.07, 6.45) is 9.65. The van der Waals surface area contributed by atoms with Crippen molar-refractivity contribution in [2.45, 2.75) is 22.3 Å². The quantitative estimate of drug-likeness (QED) is 0.0253. The fourth-order valence-electron chi connectivity index (χ4n) is 13.1. The first kappa shape index (κ1) is 114. The number of pyridine rings is 6. The summed E-state index contributed by atoms with van der Waals surface area (Å²) in [6.45, 7) is 0. The molecule has 16 rings (SSSR count). The average molecular weight is 2030 g/mol. The van der Waals surface area contributed by atoms with E-state index in [1.165, 1.54) is 0 Å². The molecule has 0 saturated carbocycles. The van der Waals surface area contributed by atoms with Crippen LogP contribution in [0.25, 0.3) is 33.4 Å². The van der Waals surface area contributed by atoms with Crippen molar-refractivity contribution < 1.29 is 160 Å². The zero-order chi connectivity index (χ0) is 86.9. The van der Waals surface area contributed by atoms with Crippen molar-refractivity contribution in [3.8, 4) is 33.4 Å². The molecule has 0 fully saturated rings. The van der Waals surface area contributed by atoms with Gasteiger partial charge in [-0.25, -0.2) is 8.42 Å². The van der Waals surface area contributed by atoms with Crippen LogP contribution in [0.2, 0.25) is 0 Å². The summed E-state index contributed by atoms with van der Waals surface area (Å²) < 4.78 is 95.1. The molecule has 22 nitrogen and oxygen atoms in total. The van der Waals surface area contributed by atoms with Gasteiger partial charge in [0, 0.05) is 171 Å². The molecule has 6 heterocycles. The van der Waals surface area contributed by atoms with E-state index in [0.29, 0.717) is 81.9 Å². The maximum absolute atomic E-state index is 16.0. The molecule has 35 heteroatoms. The molecule has 0 N–H and O–H groups in total. The van der Waals surface area contributed by atoms with Gasteiger partial charge < -0.3 is 70.2 Å². The van der Waals surface area contributed by atoms with Gasteiger partial charge in [-0.15, -0.1) is 23.2 Å². The van der Waals surface area contributed by atoms with Gasteiger partial charge in [0.15, 0.2) is 10.1 Å². The summed E-state index contributed by atoms with van der Waals surface area (Å²) in [7, 11) is -17.0. The summed E-state index contributed by atoms with van der Waals surface area (Å²) in [5.74, 6) is 0. The van der Waals surface area contributed by atoms with E-state index in [4.69, 9.17) is 36.2 Å². The van der Waals surface area contributed by atoms with Crippen LogP contribution in [0, 0.1) is 0 Å². The number of halogens is 5. The first-order chi connectivity index (χ1) is 58.7. The van der Waals surface area contributed by atoms with E-state index in [1.807, 2.05) is 91.0 Å². The van der Waals surface area contributed by atoms with Gasteiger partial charge in [0.2, 0.25) is 0 Å². The van der Waals surface area contributed by atoms with Crippen LogP contribution in [0.5, 0.6) is 0 Å². The molecule has 10 aromatic carbocycles. The average Bonchev–Trinajstić information content (AvgIpc) is 0.733. The predicted molar refractivity (Wildman–Crippen MR) is 462 cm³/mol. The molecule has 130 heavy (non-hydrogen) atoms.